The van der Waals surface area contributed by atoms with Gasteiger partial charge in [0, 0.05) is 6.07 Å². The normalized spacial score (nSPS) is 9.19. The van der Waals surface area contributed by atoms with Gasteiger partial charge in [-0.15, -0.1) is 5.23 Å². The van der Waals surface area contributed by atoms with Crippen molar-refractivity contribution in [2.45, 2.75) is 0 Å². The van der Waals surface area contributed by atoms with Crippen LogP contribution in [0.3, 0.4) is 0 Å². The third-order valence-corrected chi connectivity index (χ3v) is 2.55. The molecule has 6 nitrogen and oxygen atoms in total. The second kappa shape index (κ2) is 8.62. The molecule has 0 fully saturated rings. The van der Waals surface area contributed by atoms with E-state index in [0.29, 0.717) is 17.2 Å². The number of hydrogen-bond donors (Lipinski definition) is 3. The van der Waals surface area contributed by atoms with Crippen LogP contribution in [-0.4, -0.2) is 14.2 Å². The standard InChI is InChI=1S/C8H12N2O2.C6H7FN2/c1-11-7-4-3-6(10-9)5-8(7)12-2;7-9(8)6-4-2-1-3-5-6/h3-5,10H,9H2,1-2H3;1-5H,8H2. The second-order valence-electron chi connectivity index (χ2n) is 3.86. The fourth-order valence-electron chi connectivity index (χ4n) is 1.50. The molecule has 2 aromatic rings. The van der Waals surface area contributed by atoms with Gasteiger partial charge in [0.1, 0.15) is 0 Å². The number of nitrogens with zero attached hydrogens (tertiary/aromatic N) is 1. The summed E-state index contributed by atoms with van der Waals surface area (Å²) in [5.74, 6) is 11.4. The molecular formula is C14H19FN4O2. The second-order valence-corrected chi connectivity index (χ2v) is 3.86. The van der Waals surface area contributed by atoms with Gasteiger partial charge in [-0.3, -0.25) is 5.84 Å². The van der Waals surface area contributed by atoms with Crippen molar-refractivity contribution in [2.75, 3.05) is 24.9 Å². The number of rotatable bonds is 4. The highest BCUT2D eigenvalue weighted by molar-refractivity contribution is 5.54. The van der Waals surface area contributed by atoms with Crippen LogP contribution >= 0.6 is 0 Å². The average molecular weight is 294 g/mol. The van der Waals surface area contributed by atoms with Crippen molar-refractivity contribution in [3.05, 3.63) is 48.5 Å². The van der Waals surface area contributed by atoms with E-state index in [1.54, 1.807) is 62.8 Å². The Morgan fingerprint density at radius 3 is 2.05 bits per heavy atom. The lowest BCUT2D eigenvalue weighted by molar-refractivity contribution is 0.355. The fourth-order valence-corrected chi connectivity index (χ4v) is 1.50. The molecule has 0 bridgehead atoms. The van der Waals surface area contributed by atoms with Crippen LogP contribution in [0.1, 0.15) is 0 Å². The summed E-state index contributed by atoms with van der Waals surface area (Å²) in [6, 6.07) is 13.8. The molecule has 0 saturated heterocycles. The van der Waals surface area contributed by atoms with Crippen molar-refractivity contribution < 1.29 is 14.0 Å². The van der Waals surface area contributed by atoms with Crippen LogP contribution in [0.25, 0.3) is 0 Å². The molecule has 0 spiro atoms. The molecule has 0 unspecified atom stereocenters. The molecule has 0 aliphatic rings. The molecule has 2 aromatic carbocycles. The summed E-state index contributed by atoms with van der Waals surface area (Å²) >= 11 is 0. The van der Waals surface area contributed by atoms with E-state index in [2.05, 4.69) is 5.43 Å². The minimum atomic E-state index is 0.0833. The lowest BCUT2D eigenvalue weighted by Crippen LogP contribution is -2.19. The molecule has 0 heterocycles. The molecule has 21 heavy (non-hydrogen) atoms. The number of benzene rings is 2. The van der Waals surface area contributed by atoms with Gasteiger partial charge < -0.3 is 14.9 Å². The van der Waals surface area contributed by atoms with Gasteiger partial charge >= 0.3 is 0 Å². The zero-order valence-electron chi connectivity index (χ0n) is 11.9. The number of methoxy groups -OCH3 is 2. The summed E-state index contributed by atoms with van der Waals surface area (Å²) in [5.41, 5.74) is 3.66. The number of ether oxygens (including phenoxy) is 2. The molecule has 7 heteroatoms. The molecule has 0 amide bonds. The van der Waals surface area contributed by atoms with Gasteiger partial charge in [-0.2, -0.15) is 0 Å². The summed E-state index contributed by atoms with van der Waals surface area (Å²) in [5, 5.41) is 0.0833. The van der Waals surface area contributed by atoms with E-state index in [-0.39, 0.29) is 5.23 Å². The Labute approximate surface area is 122 Å². The lowest BCUT2D eigenvalue weighted by Gasteiger charge is -2.08. The molecule has 0 aliphatic carbocycles. The quantitative estimate of drug-likeness (QED) is 0.455. The van der Waals surface area contributed by atoms with E-state index >= 15 is 0 Å². The molecular weight excluding hydrogens is 275 g/mol. The van der Waals surface area contributed by atoms with Crippen molar-refractivity contribution in [1.82, 2.24) is 0 Å². The molecule has 0 atom stereocenters. The van der Waals surface area contributed by atoms with Crippen LogP contribution in [0, 0.1) is 0 Å². The first kappa shape index (κ1) is 16.5. The van der Waals surface area contributed by atoms with Crippen molar-refractivity contribution in [3.63, 3.8) is 0 Å². The van der Waals surface area contributed by atoms with Crippen LogP contribution in [0.5, 0.6) is 11.5 Å². The molecule has 114 valence electrons. The zero-order chi connectivity index (χ0) is 15.7. The Balaban J connectivity index is 0.000000219. The van der Waals surface area contributed by atoms with Gasteiger partial charge in [-0.1, -0.05) is 22.7 Å². The van der Waals surface area contributed by atoms with E-state index in [1.807, 2.05) is 0 Å². The number of nitrogens with two attached hydrogens (primary N) is 2. The third kappa shape index (κ3) is 5.17. The average Bonchev–Trinajstić information content (AvgIpc) is 2.55. The van der Waals surface area contributed by atoms with Crippen LogP contribution in [0.4, 0.5) is 15.9 Å². The number of anilines is 2. The molecule has 0 saturated carbocycles. The molecule has 0 radical (unpaired) electrons. The zero-order valence-corrected chi connectivity index (χ0v) is 11.9. The van der Waals surface area contributed by atoms with Crippen molar-refractivity contribution >= 4 is 11.4 Å². The van der Waals surface area contributed by atoms with Crippen LogP contribution < -0.4 is 31.8 Å². The first-order valence-corrected chi connectivity index (χ1v) is 6.06. The van der Waals surface area contributed by atoms with E-state index in [9.17, 15) is 4.48 Å². The monoisotopic (exact) mass is 294 g/mol. The number of nitrogen functional groups attached to an aromatic ring is 1. The predicted octanol–water partition coefficient (Wildman–Crippen LogP) is 2.24. The lowest BCUT2D eigenvalue weighted by atomic mass is 10.3. The van der Waals surface area contributed by atoms with Crippen LogP contribution in [0.15, 0.2) is 48.5 Å². The van der Waals surface area contributed by atoms with Gasteiger partial charge in [0.2, 0.25) is 0 Å². The Morgan fingerprint density at radius 2 is 1.62 bits per heavy atom. The summed E-state index contributed by atoms with van der Waals surface area (Å²) in [7, 11) is 3.17. The number of hydrazine groups is 2. The number of nitrogens with one attached hydrogen (secondary N) is 1. The molecule has 0 aliphatic heterocycles. The highest BCUT2D eigenvalue weighted by Gasteiger charge is 2.02. The maximum absolute atomic E-state index is 12.0. The fraction of sp³-hybridized carbons (Fsp3) is 0.143. The maximum Gasteiger partial charge on any atom is 0.162 e. The predicted molar refractivity (Wildman–Crippen MR) is 81.6 cm³/mol. The summed E-state index contributed by atoms with van der Waals surface area (Å²) < 4.78 is 22.1. The van der Waals surface area contributed by atoms with Gasteiger partial charge in [0.25, 0.3) is 0 Å². The van der Waals surface area contributed by atoms with Gasteiger partial charge in [0.05, 0.1) is 25.6 Å². The van der Waals surface area contributed by atoms with Crippen molar-refractivity contribution in [1.29, 1.82) is 0 Å². The Bertz CT molecular complexity index is 538. The largest absolute Gasteiger partial charge is 0.493 e. The smallest absolute Gasteiger partial charge is 0.162 e. The topological polar surface area (TPSA) is 85.8 Å². The Kier molecular flexibility index (Phi) is 6.79. The minimum Gasteiger partial charge on any atom is -0.493 e. The summed E-state index contributed by atoms with van der Waals surface area (Å²) in [6.45, 7) is 0. The van der Waals surface area contributed by atoms with Gasteiger partial charge in [0.15, 0.2) is 11.5 Å². The van der Waals surface area contributed by atoms with Gasteiger partial charge in [-0.05, 0) is 24.3 Å². The summed E-state index contributed by atoms with van der Waals surface area (Å²) in [4.78, 5) is 0. The first-order valence-electron chi connectivity index (χ1n) is 6.06. The van der Waals surface area contributed by atoms with Crippen LogP contribution in [-0.2, 0) is 0 Å². The minimum absolute atomic E-state index is 0.0833. The van der Waals surface area contributed by atoms with E-state index in [1.165, 1.54) is 0 Å². The number of halogens is 1. The number of para-hydroxylation sites is 1. The van der Waals surface area contributed by atoms with Crippen molar-refractivity contribution in [2.24, 2.45) is 11.7 Å². The number of hydrogen-bond acceptors (Lipinski definition) is 6. The Hall–Kier alpha value is -2.51. The van der Waals surface area contributed by atoms with Crippen molar-refractivity contribution in [3.8, 4) is 11.5 Å². The Morgan fingerprint density at radius 1 is 1.00 bits per heavy atom. The first-order chi connectivity index (χ1) is 10.1. The SMILES string of the molecule is COc1ccc(NN)cc1OC.NN(F)c1ccccc1. The molecule has 5 N–H and O–H groups in total. The third-order valence-electron chi connectivity index (χ3n) is 2.55. The van der Waals surface area contributed by atoms with Gasteiger partial charge in [-0.25, -0.2) is 5.84 Å². The summed E-state index contributed by atoms with van der Waals surface area (Å²) in [6.07, 6.45) is 0. The van der Waals surface area contributed by atoms with E-state index in [4.69, 9.17) is 21.2 Å². The van der Waals surface area contributed by atoms with E-state index < -0.39 is 0 Å². The molecule has 0 aromatic heterocycles. The maximum atomic E-state index is 12.0. The molecule has 2 rings (SSSR count). The van der Waals surface area contributed by atoms with E-state index in [0.717, 1.165) is 5.69 Å². The van der Waals surface area contributed by atoms with Crippen LogP contribution in [0.2, 0.25) is 0 Å². The highest BCUT2D eigenvalue weighted by atomic mass is 19.2. The highest BCUT2D eigenvalue weighted by Crippen LogP contribution is 2.29.